The largest absolute Gasteiger partial charge is 0.488 e. The second-order valence-corrected chi connectivity index (χ2v) is 10.2. The monoisotopic (exact) mass is 583 g/mol. The number of aromatic carboxylic acids is 1. The number of carboxylic acids is 1. The Labute approximate surface area is 233 Å². The van der Waals surface area contributed by atoms with Crippen molar-refractivity contribution in [3.8, 4) is 5.75 Å². The number of benzene rings is 4. The van der Waals surface area contributed by atoms with Crippen molar-refractivity contribution in [1.29, 1.82) is 0 Å². The molecule has 1 aromatic heterocycles. The fourth-order valence-electron chi connectivity index (χ4n) is 4.38. The molecular formula is C31H26BrN3O4. The maximum atomic E-state index is 13.6. The highest BCUT2D eigenvalue weighted by molar-refractivity contribution is 9.10. The van der Waals surface area contributed by atoms with Crippen LogP contribution in [0.1, 0.15) is 53.5 Å². The molecule has 1 N–H and O–H groups in total. The molecule has 39 heavy (non-hydrogen) atoms. The van der Waals surface area contributed by atoms with Crippen molar-refractivity contribution in [3.63, 3.8) is 0 Å². The van der Waals surface area contributed by atoms with Crippen LogP contribution in [0.2, 0.25) is 0 Å². The molecule has 1 atom stereocenters. The second kappa shape index (κ2) is 11.2. The Morgan fingerprint density at radius 2 is 1.90 bits per heavy atom. The van der Waals surface area contributed by atoms with Crippen molar-refractivity contribution < 1.29 is 14.6 Å². The summed E-state index contributed by atoms with van der Waals surface area (Å²) < 4.78 is 8.35. The van der Waals surface area contributed by atoms with Gasteiger partial charge in [-0.15, -0.1) is 0 Å². The lowest BCUT2D eigenvalue weighted by Gasteiger charge is -2.15. The first-order valence-electron chi connectivity index (χ1n) is 12.6. The van der Waals surface area contributed by atoms with Gasteiger partial charge < -0.3 is 9.84 Å². The molecule has 0 aliphatic heterocycles. The highest BCUT2D eigenvalue weighted by Crippen LogP contribution is 2.28. The number of nitrogens with zero attached hydrogens (tertiary/aromatic N) is 3. The maximum absolute atomic E-state index is 13.6. The quantitative estimate of drug-likeness (QED) is 0.199. The van der Waals surface area contributed by atoms with E-state index in [9.17, 15) is 14.7 Å². The Balaban J connectivity index is 1.61. The van der Waals surface area contributed by atoms with Gasteiger partial charge in [0.15, 0.2) is 0 Å². The van der Waals surface area contributed by atoms with E-state index in [2.05, 4.69) is 21.0 Å². The highest BCUT2D eigenvalue weighted by atomic mass is 79.9. The molecule has 196 valence electrons. The summed E-state index contributed by atoms with van der Waals surface area (Å²) in [7, 11) is 0. The van der Waals surface area contributed by atoms with E-state index in [4.69, 9.17) is 9.72 Å². The normalized spacial score (nSPS) is 12.3. The summed E-state index contributed by atoms with van der Waals surface area (Å²) in [4.78, 5) is 29.8. The molecule has 0 amide bonds. The minimum Gasteiger partial charge on any atom is -0.488 e. The van der Waals surface area contributed by atoms with Gasteiger partial charge in [0.05, 0.1) is 22.7 Å². The Morgan fingerprint density at radius 3 is 2.69 bits per heavy atom. The zero-order chi connectivity index (χ0) is 27.5. The van der Waals surface area contributed by atoms with Crippen molar-refractivity contribution in [1.82, 2.24) is 9.66 Å². The zero-order valence-corrected chi connectivity index (χ0v) is 23.1. The molecule has 0 spiro atoms. The number of halogens is 1. The molecule has 0 saturated heterocycles. The number of fused-ring (bicyclic) bond motifs is 2. The van der Waals surface area contributed by atoms with Crippen LogP contribution in [0.4, 0.5) is 0 Å². The summed E-state index contributed by atoms with van der Waals surface area (Å²) in [6, 6.07) is 23.8. The fourth-order valence-corrected chi connectivity index (χ4v) is 4.75. The third-order valence-electron chi connectivity index (χ3n) is 6.69. The van der Waals surface area contributed by atoms with E-state index >= 15 is 0 Å². The minimum absolute atomic E-state index is 0.00708. The van der Waals surface area contributed by atoms with Crippen molar-refractivity contribution in [3.05, 3.63) is 116 Å². The van der Waals surface area contributed by atoms with Crippen molar-refractivity contribution in [2.24, 2.45) is 5.10 Å². The summed E-state index contributed by atoms with van der Waals surface area (Å²) in [5.74, 6) is 0.163. The van der Waals surface area contributed by atoms with Gasteiger partial charge >= 0.3 is 5.97 Å². The predicted molar refractivity (Wildman–Crippen MR) is 157 cm³/mol. The number of rotatable bonds is 8. The molecular weight excluding hydrogens is 558 g/mol. The van der Waals surface area contributed by atoms with Crippen LogP contribution in [-0.4, -0.2) is 27.0 Å². The van der Waals surface area contributed by atoms with E-state index in [0.29, 0.717) is 28.0 Å². The molecule has 5 aromatic rings. The van der Waals surface area contributed by atoms with Crippen LogP contribution in [0, 0.1) is 0 Å². The summed E-state index contributed by atoms with van der Waals surface area (Å²) in [5, 5.41) is 16.4. The van der Waals surface area contributed by atoms with E-state index < -0.39 is 5.97 Å². The molecule has 5 rings (SSSR count). The molecule has 0 aliphatic carbocycles. The molecule has 7 nitrogen and oxygen atoms in total. The van der Waals surface area contributed by atoms with Crippen LogP contribution < -0.4 is 10.3 Å². The topological polar surface area (TPSA) is 93.8 Å². The first kappa shape index (κ1) is 26.3. The van der Waals surface area contributed by atoms with E-state index in [1.807, 2.05) is 68.4 Å². The minimum atomic E-state index is -0.992. The number of aromatic nitrogens is 2. The lowest BCUT2D eigenvalue weighted by Crippen LogP contribution is -2.23. The van der Waals surface area contributed by atoms with E-state index in [1.54, 1.807) is 30.5 Å². The van der Waals surface area contributed by atoms with Gasteiger partial charge in [0.2, 0.25) is 0 Å². The van der Waals surface area contributed by atoms with Crippen LogP contribution in [0.5, 0.6) is 5.75 Å². The lowest BCUT2D eigenvalue weighted by molar-refractivity contribution is 0.0696. The number of ether oxygens (including phenoxy) is 1. The summed E-state index contributed by atoms with van der Waals surface area (Å²) in [6.45, 7) is 4.24. The van der Waals surface area contributed by atoms with Crippen LogP contribution in [0.15, 0.2) is 93.2 Å². The predicted octanol–water partition coefficient (Wildman–Crippen LogP) is 6.99. The van der Waals surface area contributed by atoms with Crippen molar-refractivity contribution in [2.45, 2.75) is 32.8 Å². The van der Waals surface area contributed by atoms with Crippen LogP contribution in [0.3, 0.4) is 0 Å². The van der Waals surface area contributed by atoms with E-state index in [-0.39, 0.29) is 23.6 Å². The standard InChI is InChI=1S/C31H26BrN3O4/c1-3-19(2)29-34-27-13-12-23(32)16-25(27)30(36)35(29)33-17-26-24-10-5-4-8-21(24)11-14-28(26)39-18-20-7-6-9-22(15-20)31(37)38/h4-17,19H,3,18H2,1-2H3,(H,37,38)/t19-/m1/s1. The van der Waals surface area contributed by atoms with Crippen molar-refractivity contribution >= 4 is 49.8 Å². The summed E-state index contributed by atoms with van der Waals surface area (Å²) >= 11 is 3.45. The molecule has 0 unspecified atom stereocenters. The second-order valence-electron chi connectivity index (χ2n) is 9.30. The first-order valence-corrected chi connectivity index (χ1v) is 13.4. The third kappa shape index (κ3) is 5.47. The van der Waals surface area contributed by atoms with Gasteiger partial charge in [0, 0.05) is 16.0 Å². The molecule has 0 bridgehead atoms. The smallest absolute Gasteiger partial charge is 0.335 e. The number of carbonyl (C=O) groups is 1. The molecule has 0 fully saturated rings. The number of hydrogen-bond donors (Lipinski definition) is 1. The van der Waals surface area contributed by atoms with Crippen LogP contribution in [0.25, 0.3) is 21.7 Å². The molecule has 4 aromatic carbocycles. The van der Waals surface area contributed by atoms with Gasteiger partial charge in [-0.25, -0.2) is 9.78 Å². The Morgan fingerprint density at radius 1 is 1.08 bits per heavy atom. The molecule has 0 aliphatic rings. The fraction of sp³-hybridized carbons (Fsp3) is 0.161. The number of hydrogen-bond acceptors (Lipinski definition) is 5. The van der Waals surface area contributed by atoms with Gasteiger partial charge in [0.25, 0.3) is 5.56 Å². The van der Waals surface area contributed by atoms with Gasteiger partial charge in [-0.05, 0) is 59.2 Å². The first-order chi connectivity index (χ1) is 18.9. The molecule has 8 heteroatoms. The van der Waals surface area contributed by atoms with Crippen LogP contribution >= 0.6 is 15.9 Å². The van der Waals surface area contributed by atoms with Crippen molar-refractivity contribution in [2.75, 3.05) is 0 Å². The van der Waals surface area contributed by atoms with E-state index in [0.717, 1.165) is 27.2 Å². The molecule has 0 radical (unpaired) electrons. The van der Waals surface area contributed by atoms with Gasteiger partial charge in [-0.1, -0.05) is 72.2 Å². The maximum Gasteiger partial charge on any atom is 0.335 e. The summed E-state index contributed by atoms with van der Waals surface area (Å²) in [6.07, 6.45) is 2.44. The average molecular weight is 584 g/mol. The summed E-state index contributed by atoms with van der Waals surface area (Å²) in [5.41, 5.74) is 2.01. The Hall–Kier alpha value is -4.30. The molecule has 0 saturated carbocycles. The highest BCUT2D eigenvalue weighted by Gasteiger charge is 2.16. The lowest BCUT2D eigenvalue weighted by atomic mass is 10.0. The van der Waals surface area contributed by atoms with Gasteiger partial charge in [0.1, 0.15) is 18.2 Å². The van der Waals surface area contributed by atoms with Gasteiger partial charge in [-0.2, -0.15) is 9.78 Å². The van der Waals surface area contributed by atoms with Gasteiger partial charge in [-0.3, -0.25) is 4.79 Å². The number of carboxylic acid groups (broad SMARTS) is 1. The average Bonchev–Trinajstić information content (AvgIpc) is 2.95. The third-order valence-corrected chi connectivity index (χ3v) is 7.18. The van der Waals surface area contributed by atoms with E-state index in [1.165, 1.54) is 4.68 Å². The van der Waals surface area contributed by atoms with Crippen LogP contribution in [-0.2, 0) is 6.61 Å². The zero-order valence-electron chi connectivity index (χ0n) is 21.5. The SMILES string of the molecule is CC[C@@H](C)c1nc2ccc(Br)cc2c(=O)n1N=Cc1c(OCc2cccc(C(=O)O)c2)ccc2ccccc12. The Bertz CT molecular complexity index is 1800. The Kier molecular flexibility index (Phi) is 7.56. The molecule has 1 heterocycles.